The van der Waals surface area contributed by atoms with Crippen molar-refractivity contribution in [3.05, 3.63) is 107 Å². The highest BCUT2D eigenvalue weighted by molar-refractivity contribution is 7.80. The van der Waals surface area contributed by atoms with Crippen LogP contribution in [0.3, 0.4) is 0 Å². The molecule has 0 atom stereocenters. The third kappa shape index (κ3) is 4.42. The molecule has 34 heavy (non-hydrogen) atoms. The van der Waals surface area contributed by atoms with Crippen LogP contribution in [0.1, 0.15) is 27.8 Å². The van der Waals surface area contributed by atoms with E-state index >= 15 is 0 Å². The third-order valence-electron chi connectivity index (χ3n) is 6.40. The molecule has 5 rings (SSSR count). The van der Waals surface area contributed by atoms with Gasteiger partial charge >= 0.3 is 0 Å². The Hall–Kier alpha value is -3.63. The standard InChI is InChI=1S/C30H27N3S/c1-20-7-11-25(12-8-20)33-30-14-10-24-15-23(9-13-27(24)29(30)19-32-33)17-31-18-26(34)16-28-21(2)5-4-6-22(28)3/h4-15,17,19H,16,18H2,1-3H3. The average Bonchev–Trinajstić information content (AvgIpc) is 3.26. The van der Waals surface area contributed by atoms with Crippen LogP contribution in [-0.4, -0.2) is 27.4 Å². The third-order valence-corrected chi connectivity index (χ3v) is 6.67. The molecule has 0 unspecified atom stereocenters. The van der Waals surface area contributed by atoms with Crippen molar-refractivity contribution in [1.82, 2.24) is 9.78 Å². The van der Waals surface area contributed by atoms with E-state index in [0.717, 1.165) is 33.4 Å². The summed E-state index contributed by atoms with van der Waals surface area (Å²) in [5, 5.41) is 8.18. The normalized spacial score (nSPS) is 11.6. The van der Waals surface area contributed by atoms with E-state index in [4.69, 9.17) is 12.2 Å². The maximum atomic E-state index is 5.63. The van der Waals surface area contributed by atoms with Crippen molar-refractivity contribution in [2.45, 2.75) is 27.2 Å². The zero-order valence-corrected chi connectivity index (χ0v) is 20.6. The van der Waals surface area contributed by atoms with E-state index in [1.165, 1.54) is 33.0 Å². The summed E-state index contributed by atoms with van der Waals surface area (Å²) in [6.07, 6.45) is 4.68. The summed E-state index contributed by atoms with van der Waals surface area (Å²) in [7, 11) is 0. The van der Waals surface area contributed by atoms with Gasteiger partial charge in [0.1, 0.15) is 0 Å². The summed E-state index contributed by atoms with van der Waals surface area (Å²) in [5.74, 6) is 0. The molecule has 0 saturated carbocycles. The highest BCUT2D eigenvalue weighted by Crippen LogP contribution is 2.27. The van der Waals surface area contributed by atoms with Gasteiger partial charge in [-0.25, -0.2) is 4.68 Å². The summed E-state index contributed by atoms with van der Waals surface area (Å²) < 4.78 is 2.00. The number of aromatic nitrogens is 2. The Morgan fingerprint density at radius 1 is 0.912 bits per heavy atom. The van der Waals surface area contributed by atoms with E-state index in [0.29, 0.717) is 6.54 Å². The quantitative estimate of drug-likeness (QED) is 0.199. The van der Waals surface area contributed by atoms with Crippen LogP contribution in [0.2, 0.25) is 0 Å². The zero-order chi connectivity index (χ0) is 23.7. The van der Waals surface area contributed by atoms with Crippen molar-refractivity contribution >= 4 is 45.0 Å². The van der Waals surface area contributed by atoms with Gasteiger partial charge in [0.25, 0.3) is 0 Å². The smallest absolute Gasteiger partial charge is 0.0747 e. The maximum absolute atomic E-state index is 5.63. The van der Waals surface area contributed by atoms with Gasteiger partial charge in [-0.15, -0.1) is 0 Å². The molecule has 0 aliphatic rings. The molecule has 0 N–H and O–H groups in total. The molecule has 0 bridgehead atoms. The Morgan fingerprint density at radius 3 is 2.44 bits per heavy atom. The number of aliphatic imine (C=N–C) groups is 1. The largest absolute Gasteiger partial charge is 0.287 e. The molecular weight excluding hydrogens is 434 g/mol. The number of fused-ring (bicyclic) bond motifs is 3. The first kappa shape index (κ1) is 22.2. The van der Waals surface area contributed by atoms with Gasteiger partial charge in [-0.3, -0.25) is 4.99 Å². The summed E-state index contributed by atoms with van der Waals surface area (Å²) in [6.45, 7) is 6.94. The minimum atomic E-state index is 0.559. The van der Waals surface area contributed by atoms with E-state index in [-0.39, 0.29) is 0 Å². The minimum Gasteiger partial charge on any atom is -0.287 e. The van der Waals surface area contributed by atoms with Crippen molar-refractivity contribution in [1.29, 1.82) is 0 Å². The SMILES string of the molecule is Cc1ccc(-n2ncc3c4ccc(C=NCC(=S)Cc5c(C)cccc5C)cc4ccc32)cc1. The predicted octanol–water partition coefficient (Wildman–Crippen LogP) is 7.14. The second-order valence-electron chi connectivity index (χ2n) is 8.93. The predicted molar refractivity (Wildman–Crippen MR) is 148 cm³/mol. The Bertz CT molecular complexity index is 1520. The first-order valence-electron chi connectivity index (χ1n) is 11.5. The van der Waals surface area contributed by atoms with Gasteiger partial charge in [-0.2, -0.15) is 5.10 Å². The lowest BCUT2D eigenvalue weighted by molar-refractivity contribution is 0.910. The van der Waals surface area contributed by atoms with Gasteiger partial charge < -0.3 is 0 Å². The van der Waals surface area contributed by atoms with Crippen LogP contribution >= 0.6 is 12.2 Å². The second kappa shape index (κ2) is 9.32. The summed E-state index contributed by atoms with van der Waals surface area (Å²) in [4.78, 5) is 5.59. The minimum absolute atomic E-state index is 0.559. The van der Waals surface area contributed by atoms with E-state index in [1.807, 2.05) is 17.1 Å². The van der Waals surface area contributed by atoms with Crippen LogP contribution in [0.4, 0.5) is 0 Å². The van der Waals surface area contributed by atoms with E-state index in [2.05, 4.69) is 104 Å². The van der Waals surface area contributed by atoms with Gasteiger partial charge in [-0.05, 0) is 78.1 Å². The molecule has 0 fully saturated rings. The van der Waals surface area contributed by atoms with Gasteiger partial charge in [0.05, 0.1) is 23.9 Å². The maximum Gasteiger partial charge on any atom is 0.0747 e. The molecule has 0 saturated heterocycles. The second-order valence-corrected chi connectivity index (χ2v) is 9.50. The highest BCUT2D eigenvalue weighted by atomic mass is 32.1. The molecule has 1 heterocycles. The molecule has 0 aliphatic carbocycles. The van der Waals surface area contributed by atoms with Crippen molar-refractivity contribution in [3.63, 3.8) is 0 Å². The van der Waals surface area contributed by atoms with Crippen LogP contribution < -0.4 is 0 Å². The molecule has 3 nitrogen and oxygen atoms in total. The molecule has 1 aromatic heterocycles. The van der Waals surface area contributed by atoms with Crippen LogP contribution in [0.25, 0.3) is 27.4 Å². The van der Waals surface area contributed by atoms with E-state index in [1.54, 1.807) is 0 Å². The Morgan fingerprint density at radius 2 is 1.68 bits per heavy atom. The number of aryl methyl sites for hydroxylation is 3. The molecule has 168 valence electrons. The Labute approximate surface area is 205 Å². The molecule has 0 aliphatic heterocycles. The topological polar surface area (TPSA) is 30.2 Å². The van der Waals surface area contributed by atoms with Crippen LogP contribution in [0.15, 0.2) is 84.0 Å². The zero-order valence-electron chi connectivity index (χ0n) is 19.7. The lowest BCUT2D eigenvalue weighted by Crippen LogP contribution is -2.07. The number of hydrogen-bond acceptors (Lipinski definition) is 3. The number of nitrogens with zero attached hydrogens (tertiary/aromatic N) is 3. The lowest BCUT2D eigenvalue weighted by atomic mass is 9.99. The fourth-order valence-electron chi connectivity index (χ4n) is 4.46. The van der Waals surface area contributed by atoms with Crippen LogP contribution in [-0.2, 0) is 6.42 Å². The number of rotatable bonds is 6. The summed E-state index contributed by atoms with van der Waals surface area (Å²) in [6, 6.07) is 25.6. The number of hydrogen-bond donors (Lipinski definition) is 0. The van der Waals surface area contributed by atoms with Gasteiger partial charge in [0.15, 0.2) is 0 Å². The van der Waals surface area contributed by atoms with Gasteiger partial charge in [0, 0.05) is 22.9 Å². The molecule has 4 heteroatoms. The van der Waals surface area contributed by atoms with Crippen LogP contribution in [0.5, 0.6) is 0 Å². The van der Waals surface area contributed by atoms with Crippen molar-refractivity contribution < 1.29 is 0 Å². The van der Waals surface area contributed by atoms with Crippen molar-refractivity contribution in [2.24, 2.45) is 4.99 Å². The number of thiocarbonyl (C=S) groups is 1. The molecular formula is C30H27N3S. The van der Waals surface area contributed by atoms with Crippen molar-refractivity contribution in [3.8, 4) is 5.69 Å². The monoisotopic (exact) mass is 461 g/mol. The first-order valence-corrected chi connectivity index (χ1v) is 11.9. The summed E-state index contributed by atoms with van der Waals surface area (Å²) in [5.41, 5.74) is 8.40. The Kier molecular flexibility index (Phi) is 6.08. The number of benzene rings is 4. The molecule has 0 radical (unpaired) electrons. The lowest BCUT2D eigenvalue weighted by Gasteiger charge is -2.09. The van der Waals surface area contributed by atoms with Crippen LogP contribution in [0, 0.1) is 20.8 Å². The van der Waals surface area contributed by atoms with Crippen molar-refractivity contribution in [2.75, 3.05) is 6.54 Å². The first-order chi connectivity index (χ1) is 16.5. The summed E-state index contributed by atoms with van der Waals surface area (Å²) >= 11 is 5.63. The Balaban J connectivity index is 1.35. The fourth-order valence-corrected chi connectivity index (χ4v) is 4.68. The molecule has 4 aromatic carbocycles. The van der Waals surface area contributed by atoms with E-state index < -0.39 is 0 Å². The molecule has 0 spiro atoms. The van der Waals surface area contributed by atoms with E-state index in [9.17, 15) is 0 Å². The molecule has 5 aromatic rings. The average molecular weight is 462 g/mol. The highest BCUT2D eigenvalue weighted by Gasteiger charge is 2.09. The van der Waals surface area contributed by atoms with Gasteiger partial charge in [-0.1, -0.05) is 66.3 Å². The van der Waals surface area contributed by atoms with Gasteiger partial charge in [0.2, 0.25) is 0 Å². The molecule has 0 amide bonds. The fraction of sp³-hybridized carbons (Fsp3) is 0.167.